The molecule has 1 heterocycles. The molecule has 8 heteroatoms. The number of nitrogens with one attached hydrogen (secondary N) is 2. The number of aliphatic imine (C=N–C) groups is 1. The van der Waals surface area contributed by atoms with Crippen molar-refractivity contribution in [3.05, 3.63) is 56.0 Å². The van der Waals surface area contributed by atoms with E-state index in [9.17, 15) is 0 Å². The molecule has 1 atom stereocenters. The third-order valence-electron chi connectivity index (χ3n) is 3.28. The Morgan fingerprint density at radius 3 is 2.18 bits per heavy atom. The van der Waals surface area contributed by atoms with Crippen LogP contribution < -0.4 is 16.6 Å². The Labute approximate surface area is 147 Å². The van der Waals surface area contributed by atoms with Crippen LogP contribution in [0, 0.1) is 0 Å². The van der Waals surface area contributed by atoms with Crippen molar-refractivity contribution < 1.29 is 0 Å². The van der Waals surface area contributed by atoms with Gasteiger partial charge in [-0.05, 0) is 24.3 Å². The van der Waals surface area contributed by atoms with Gasteiger partial charge in [0.1, 0.15) is 6.34 Å². The first-order valence-electron chi connectivity index (χ1n) is 6.21. The summed E-state index contributed by atoms with van der Waals surface area (Å²) in [5, 5.41) is 1.83. The van der Waals surface area contributed by atoms with Crippen LogP contribution in [0.15, 0.2) is 35.3 Å². The minimum atomic E-state index is -1.12. The number of nitrogens with zero attached hydrogens (tertiary/aromatic N) is 1. The molecule has 1 aliphatic heterocycles. The van der Waals surface area contributed by atoms with Crippen LogP contribution in [-0.4, -0.2) is 6.34 Å². The van der Waals surface area contributed by atoms with Crippen molar-refractivity contribution in [2.45, 2.75) is 5.79 Å². The van der Waals surface area contributed by atoms with E-state index >= 15 is 0 Å². The molecule has 0 fully saturated rings. The molecule has 1 aliphatic rings. The van der Waals surface area contributed by atoms with Crippen molar-refractivity contribution in [3.63, 3.8) is 0 Å². The van der Waals surface area contributed by atoms with E-state index in [1.807, 2.05) is 0 Å². The van der Waals surface area contributed by atoms with Crippen molar-refractivity contribution in [1.29, 1.82) is 0 Å². The minimum Gasteiger partial charge on any atom is -0.309 e. The van der Waals surface area contributed by atoms with E-state index in [1.54, 1.807) is 30.3 Å². The normalized spacial score (nSPS) is 20.2. The first kappa shape index (κ1) is 15.9. The van der Waals surface area contributed by atoms with Gasteiger partial charge < -0.3 is 5.43 Å². The molecule has 4 N–H and O–H groups in total. The monoisotopic (exact) mass is 374 g/mol. The highest BCUT2D eigenvalue weighted by atomic mass is 35.5. The largest absolute Gasteiger partial charge is 0.309 e. The molecule has 114 valence electrons. The van der Waals surface area contributed by atoms with Gasteiger partial charge in [-0.1, -0.05) is 52.5 Å². The summed E-state index contributed by atoms with van der Waals surface area (Å²) >= 11 is 24.9. The first-order chi connectivity index (χ1) is 10.4. The molecule has 0 aromatic heterocycles. The van der Waals surface area contributed by atoms with Crippen LogP contribution in [0.3, 0.4) is 0 Å². The SMILES string of the molecule is NC1(c2cc(Cl)c(-c3ccc(Cl)cc3Cl)c(Cl)c2)N=CNN1. The maximum atomic E-state index is 6.39. The Bertz CT molecular complexity index is 754. The molecular weight excluding hydrogens is 366 g/mol. The van der Waals surface area contributed by atoms with Gasteiger partial charge in [-0.2, -0.15) is 5.43 Å². The number of nitrogens with two attached hydrogens (primary N) is 1. The summed E-state index contributed by atoms with van der Waals surface area (Å²) in [7, 11) is 0. The number of hydrogen-bond donors (Lipinski definition) is 3. The zero-order chi connectivity index (χ0) is 15.9. The van der Waals surface area contributed by atoms with Gasteiger partial charge in [0.25, 0.3) is 0 Å². The van der Waals surface area contributed by atoms with Gasteiger partial charge in [0.15, 0.2) is 0 Å². The summed E-state index contributed by atoms with van der Waals surface area (Å²) in [6, 6.07) is 8.52. The maximum absolute atomic E-state index is 6.39. The molecule has 3 rings (SSSR count). The highest BCUT2D eigenvalue weighted by Gasteiger charge is 2.30. The van der Waals surface area contributed by atoms with E-state index in [0.717, 1.165) is 0 Å². The predicted octanol–water partition coefficient (Wildman–Crippen LogP) is 4.17. The molecule has 0 aliphatic carbocycles. The quantitative estimate of drug-likeness (QED) is 0.737. The Morgan fingerprint density at radius 2 is 1.64 bits per heavy atom. The smallest absolute Gasteiger partial charge is 0.206 e. The number of hydrogen-bond acceptors (Lipinski definition) is 4. The van der Waals surface area contributed by atoms with Crippen LogP contribution in [0.2, 0.25) is 20.1 Å². The lowest BCUT2D eigenvalue weighted by Gasteiger charge is -2.22. The van der Waals surface area contributed by atoms with Gasteiger partial charge in [-0.3, -0.25) is 5.73 Å². The summed E-state index contributed by atoms with van der Waals surface area (Å²) in [6.45, 7) is 0. The predicted molar refractivity (Wildman–Crippen MR) is 92.5 cm³/mol. The van der Waals surface area contributed by atoms with Gasteiger partial charge in [0, 0.05) is 26.7 Å². The number of rotatable bonds is 2. The fraction of sp³-hybridized carbons (Fsp3) is 0.0714. The Morgan fingerprint density at radius 1 is 0.955 bits per heavy atom. The highest BCUT2D eigenvalue weighted by molar-refractivity contribution is 6.41. The van der Waals surface area contributed by atoms with Crippen molar-refractivity contribution >= 4 is 52.7 Å². The number of hydrazine groups is 1. The van der Waals surface area contributed by atoms with Crippen LogP contribution >= 0.6 is 46.4 Å². The summed E-state index contributed by atoms with van der Waals surface area (Å²) in [5.74, 6) is -1.12. The van der Waals surface area contributed by atoms with E-state index in [0.29, 0.717) is 36.8 Å². The second kappa shape index (κ2) is 5.89. The van der Waals surface area contributed by atoms with Crippen molar-refractivity contribution in [1.82, 2.24) is 10.9 Å². The van der Waals surface area contributed by atoms with Crippen molar-refractivity contribution in [3.8, 4) is 11.1 Å². The molecule has 0 radical (unpaired) electrons. The van der Waals surface area contributed by atoms with E-state index in [1.165, 1.54) is 6.34 Å². The summed E-state index contributed by atoms with van der Waals surface area (Å²) in [6.07, 6.45) is 1.46. The fourth-order valence-electron chi connectivity index (χ4n) is 2.20. The molecule has 0 bridgehead atoms. The molecule has 0 spiro atoms. The lowest BCUT2D eigenvalue weighted by molar-refractivity contribution is 0.375. The first-order valence-corrected chi connectivity index (χ1v) is 7.72. The van der Waals surface area contributed by atoms with E-state index in [4.69, 9.17) is 52.1 Å². The summed E-state index contributed by atoms with van der Waals surface area (Å²) in [5.41, 5.74) is 13.6. The lowest BCUT2D eigenvalue weighted by Crippen LogP contribution is -2.49. The van der Waals surface area contributed by atoms with Gasteiger partial charge in [-0.25, -0.2) is 4.99 Å². The molecule has 1 unspecified atom stereocenters. The summed E-state index contributed by atoms with van der Waals surface area (Å²) in [4.78, 5) is 4.12. The molecule has 2 aromatic rings. The molecule has 22 heavy (non-hydrogen) atoms. The number of halogens is 4. The zero-order valence-electron chi connectivity index (χ0n) is 11.0. The molecular formula is C14H10Cl4N4. The third-order valence-corrected chi connectivity index (χ3v) is 4.42. The topological polar surface area (TPSA) is 62.4 Å². The molecule has 0 saturated heterocycles. The lowest BCUT2D eigenvalue weighted by atomic mass is 10.0. The van der Waals surface area contributed by atoms with Crippen LogP contribution in [0.4, 0.5) is 0 Å². The van der Waals surface area contributed by atoms with Gasteiger partial charge in [0.05, 0.1) is 10.0 Å². The van der Waals surface area contributed by atoms with E-state index in [-0.39, 0.29) is 0 Å². The van der Waals surface area contributed by atoms with Gasteiger partial charge >= 0.3 is 0 Å². The average molecular weight is 376 g/mol. The molecule has 0 saturated carbocycles. The standard InChI is InChI=1S/C14H10Cl4N4/c15-8-1-2-9(10(16)5-8)13-11(17)3-7(4-12(13)18)14(19)20-6-21-22-14/h1-6,22H,19H2,(H,20,21). The Balaban J connectivity index is 2.13. The van der Waals surface area contributed by atoms with E-state index < -0.39 is 5.79 Å². The molecule has 4 nitrogen and oxygen atoms in total. The van der Waals surface area contributed by atoms with Gasteiger partial charge in [-0.15, -0.1) is 0 Å². The Kier molecular flexibility index (Phi) is 4.25. The van der Waals surface area contributed by atoms with Crippen LogP contribution in [0.5, 0.6) is 0 Å². The molecule has 2 aromatic carbocycles. The maximum Gasteiger partial charge on any atom is 0.206 e. The number of benzene rings is 2. The summed E-state index contributed by atoms with van der Waals surface area (Å²) < 4.78 is 0. The fourth-order valence-corrected chi connectivity index (χ4v) is 3.39. The zero-order valence-corrected chi connectivity index (χ0v) is 14.0. The average Bonchev–Trinajstić information content (AvgIpc) is 2.88. The molecule has 0 amide bonds. The van der Waals surface area contributed by atoms with Crippen LogP contribution in [0.1, 0.15) is 5.56 Å². The van der Waals surface area contributed by atoms with Crippen molar-refractivity contribution in [2.24, 2.45) is 10.7 Å². The Hall–Kier alpha value is -1.01. The van der Waals surface area contributed by atoms with Crippen molar-refractivity contribution in [2.75, 3.05) is 0 Å². The third kappa shape index (κ3) is 2.78. The highest BCUT2D eigenvalue weighted by Crippen LogP contribution is 2.41. The minimum absolute atomic E-state index is 0.417. The van der Waals surface area contributed by atoms with Crippen LogP contribution in [-0.2, 0) is 5.79 Å². The van der Waals surface area contributed by atoms with Gasteiger partial charge in [0.2, 0.25) is 5.79 Å². The second-order valence-electron chi connectivity index (χ2n) is 4.73. The van der Waals surface area contributed by atoms with Crippen LogP contribution in [0.25, 0.3) is 11.1 Å². The second-order valence-corrected chi connectivity index (χ2v) is 6.39. The van der Waals surface area contributed by atoms with E-state index in [2.05, 4.69) is 15.8 Å².